The van der Waals surface area contributed by atoms with Crippen LogP contribution in [0.25, 0.3) is 0 Å². The third-order valence-electron chi connectivity index (χ3n) is 3.84. The molecule has 1 aliphatic heterocycles. The minimum atomic E-state index is -0.402. The molecule has 25 heavy (non-hydrogen) atoms. The van der Waals surface area contributed by atoms with E-state index in [4.69, 9.17) is 12.2 Å². The zero-order chi connectivity index (χ0) is 17.6. The summed E-state index contributed by atoms with van der Waals surface area (Å²) in [7, 11) is 0. The molecule has 2 heterocycles. The smallest absolute Gasteiger partial charge is 0.289 e. The number of benzene rings is 1. The molecule has 0 saturated carbocycles. The number of hydrogen-bond donors (Lipinski definition) is 2. The van der Waals surface area contributed by atoms with Gasteiger partial charge in [-0.3, -0.25) is 20.6 Å². The number of hydrazine groups is 1. The second-order valence-electron chi connectivity index (χ2n) is 5.43. The van der Waals surface area contributed by atoms with Gasteiger partial charge in [-0.15, -0.1) is 0 Å². The third kappa shape index (κ3) is 4.38. The number of nitrogens with zero attached hydrogens (tertiary/aromatic N) is 4. The lowest BCUT2D eigenvalue weighted by molar-refractivity contribution is 0.0936. The van der Waals surface area contributed by atoms with Crippen molar-refractivity contribution in [2.24, 2.45) is 0 Å². The molecule has 0 bridgehead atoms. The Labute approximate surface area is 149 Å². The van der Waals surface area contributed by atoms with Gasteiger partial charge in [0.15, 0.2) is 5.11 Å². The molecule has 1 saturated heterocycles. The molecule has 0 unspecified atom stereocenters. The van der Waals surface area contributed by atoms with Crippen LogP contribution in [-0.2, 0) is 0 Å². The van der Waals surface area contributed by atoms with Gasteiger partial charge in [0.05, 0.1) is 6.20 Å². The summed E-state index contributed by atoms with van der Waals surface area (Å²) in [6.07, 6.45) is 4.32. The quantitative estimate of drug-likeness (QED) is 0.610. The van der Waals surface area contributed by atoms with Crippen molar-refractivity contribution in [3.8, 4) is 0 Å². The van der Waals surface area contributed by atoms with Gasteiger partial charge in [-0.25, -0.2) is 9.37 Å². The molecule has 1 aromatic carbocycles. The molecule has 3 rings (SSSR count). The van der Waals surface area contributed by atoms with Crippen molar-refractivity contribution in [2.75, 3.05) is 31.1 Å². The van der Waals surface area contributed by atoms with Crippen LogP contribution in [0.3, 0.4) is 0 Å². The Bertz CT molecular complexity index is 734. The number of anilines is 1. The van der Waals surface area contributed by atoms with Gasteiger partial charge in [-0.05, 0) is 36.5 Å². The standard InChI is InChI=1S/C16H17FN6OS/c17-12-1-3-13(4-2-12)22-7-9-23(10-8-22)16(25)21-20-15(24)14-11-18-5-6-19-14/h1-6,11H,7-10H2,(H,20,24)(H,21,25). The molecule has 2 aromatic rings. The zero-order valence-corrected chi connectivity index (χ0v) is 14.2. The molecule has 1 aromatic heterocycles. The fourth-order valence-corrected chi connectivity index (χ4v) is 2.72. The van der Waals surface area contributed by atoms with E-state index in [1.54, 1.807) is 12.1 Å². The number of halogens is 1. The number of amides is 1. The second-order valence-corrected chi connectivity index (χ2v) is 5.81. The minimum absolute atomic E-state index is 0.207. The van der Waals surface area contributed by atoms with Gasteiger partial charge in [0, 0.05) is 44.3 Å². The Morgan fingerprint density at radius 3 is 2.44 bits per heavy atom. The lowest BCUT2D eigenvalue weighted by atomic mass is 10.2. The van der Waals surface area contributed by atoms with Crippen LogP contribution in [0, 0.1) is 5.82 Å². The fourth-order valence-electron chi connectivity index (χ4n) is 2.49. The number of thiocarbonyl (C=S) groups is 1. The van der Waals surface area contributed by atoms with Gasteiger partial charge in [0.1, 0.15) is 11.5 Å². The van der Waals surface area contributed by atoms with Gasteiger partial charge < -0.3 is 9.80 Å². The van der Waals surface area contributed by atoms with Crippen molar-refractivity contribution in [2.45, 2.75) is 0 Å². The van der Waals surface area contributed by atoms with Crippen LogP contribution in [0.2, 0.25) is 0 Å². The van der Waals surface area contributed by atoms with E-state index in [0.717, 1.165) is 18.8 Å². The largest absolute Gasteiger partial charge is 0.368 e. The first-order valence-corrected chi connectivity index (χ1v) is 8.16. The molecular formula is C16H17FN6OS. The lowest BCUT2D eigenvalue weighted by Crippen LogP contribution is -2.55. The highest BCUT2D eigenvalue weighted by Gasteiger charge is 2.19. The predicted octanol–water partition coefficient (Wildman–Crippen LogP) is 0.957. The lowest BCUT2D eigenvalue weighted by Gasteiger charge is -2.37. The maximum absolute atomic E-state index is 13.0. The van der Waals surface area contributed by atoms with Crippen LogP contribution in [-0.4, -0.2) is 52.1 Å². The summed E-state index contributed by atoms with van der Waals surface area (Å²) >= 11 is 5.31. The molecule has 2 N–H and O–H groups in total. The first-order chi connectivity index (χ1) is 12.1. The zero-order valence-electron chi connectivity index (χ0n) is 13.4. The topological polar surface area (TPSA) is 73.4 Å². The average Bonchev–Trinajstić information content (AvgIpc) is 2.67. The third-order valence-corrected chi connectivity index (χ3v) is 4.20. The molecule has 9 heteroatoms. The van der Waals surface area contributed by atoms with Crippen LogP contribution >= 0.6 is 12.2 Å². The summed E-state index contributed by atoms with van der Waals surface area (Å²) in [5.74, 6) is -0.646. The van der Waals surface area contributed by atoms with Crippen LogP contribution in [0.4, 0.5) is 10.1 Å². The van der Waals surface area contributed by atoms with Crippen molar-refractivity contribution < 1.29 is 9.18 Å². The number of rotatable bonds is 2. The SMILES string of the molecule is O=C(NNC(=S)N1CCN(c2ccc(F)cc2)CC1)c1cnccn1. The van der Waals surface area contributed by atoms with E-state index in [0.29, 0.717) is 18.2 Å². The Morgan fingerprint density at radius 1 is 1.08 bits per heavy atom. The van der Waals surface area contributed by atoms with Crippen molar-refractivity contribution in [1.82, 2.24) is 25.7 Å². The van der Waals surface area contributed by atoms with Gasteiger partial charge in [-0.2, -0.15) is 0 Å². The van der Waals surface area contributed by atoms with E-state index in [1.165, 1.54) is 30.7 Å². The Balaban J connectivity index is 1.47. The van der Waals surface area contributed by atoms with Crippen molar-refractivity contribution >= 4 is 28.9 Å². The summed E-state index contributed by atoms with van der Waals surface area (Å²) in [6.45, 7) is 2.91. The summed E-state index contributed by atoms with van der Waals surface area (Å²) in [6, 6.07) is 6.44. The molecule has 0 atom stereocenters. The molecule has 1 fully saturated rings. The van der Waals surface area contributed by atoms with Crippen molar-refractivity contribution in [3.05, 3.63) is 54.4 Å². The Kier molecular flexibility index (Phi) is 5.34. The molecule has 0 radical (unpaired) electrons. The first kappa shape index (κ1) is 17.0. The van der Waals surface area contributed by atoms with Crippen molar-refractivity contribution in [1.29, 1.82) is 0 Å². The summed E-state index contributed by atoms with van der Waals surface area (Å²) in [5.41, 5.74) is 6.44. The van der Waals surface area contributed by atoms with Crippen LogP contribution < -0.4 is 15.8 Å². The van der Waals surface area contributed by atoms with Crippen LogP contribution in [0.1, 0.15) is 10.5 Å². The highest BCUT2D eigenvalue weighted by molar-refractivity contribution is 7.80. The first-order valence-electron chi connectivity index (χ1n) is 7.75. The fraction of sp³-hybridized carbons (Fsp3) is 0.250. The normalized spacial score (nSPS) is 14.1. The van der Waals surface area contributed by atoms with E-state index in [2.05, 4.69) is 25.7 Å². The van der Waals surface area contributed by atoms with Crippen LogP contribution in [0.15, 0.2) is 42.9 Å². The average molecular weight is 360 g/mol. The van der Waals surface area contributed by atoms with Crippen molar-refractivity contribution in [3.63, 3.8) is 0 Å². The van der Waals surface area contributed by atoms with Gasteiger partial charge >= 0.3 is 0 Å². The van der Waals surface area contributed by atoms with Gasteiger partial charge in [0.25, 0.3) is 5.91 Å². The number of piperazine rings is 1. The molecule has 7 nitrogen and oxygen atoms in total. The molecule has 1 amide bonds. The second kappa shape index (κ2) is 7.84. The summed E-state index contributed by atoms with van der Waals surface area (Å²) in [4.78, 5) is 23.8. The minimum Gasteiger partial charge on any atom is -0.368 e. The number of nitrogens with one attached hydrogen (secondary N) is 2. The monoisotopic (exact) mass is 360 g/mol. The van der Waals surface area contributed by atoms with E-state index in [9.17, 15) is 9.18 Å². The molecule has 0 aliphatic carbocycles. The van der Waals surface area contributed by atoms with E-state index in [-0.39, 0.29) is 11.5 Å². The summed E-state index contributed by atoms with van der Waals surface area (Å²) in [5, 5.41) is 0.441. The van der Waals surface area contributed by atoms with Crippen LogP contribution in [0.5, 0.6) is 0 Å². The number of hydrogen-bond acceptors (Lipinski definition) is 5. The van der Waals surface area contributed by atoms with E-state index in [1.807, 2.05) is 4.90 Å². The molecule has 130 valence electrons. The molecule has 0 spiro atoms. The van der Waals surface area contributed by atoms with Gasteiger partial charge in [-0.1, -0.05) is 0 Å². The van der Waals surface area contributed by atoms with Gasteiger partial charge in [0.2, 0.25) is 0 Å². The summed E-state index contributed by atoms with van der Waals surface area (Å²) < 4.78 is 13.0. The molecular weight excluding hydrogens is 343 g/mol. The number of carbonyl (C=O) groups is 1. The number of aromatic nitrogens is 2. The molecule has 1 aliphatic rings. The number of carbonyl (C=O) groups excluding carboxylic acids is 1. The van der Waals surface area contributed by atoms with E-state index >= 15 is 0 Å². The maximum atomic E-state index is 13.0. The Morgan fingerprint density at radius 2 is 1.80 bits per heavy atom. The maximum Gasteiger partial charge on any atom is 0.289 e. The Hall–Kier alpha value is -2.81. The predicted molar refractivity (Wildman–Crippen MR) is 95.4 cm³/mol. The highest BCUT2D eigenvalue weighted by Crippen LogP contribution is 2.16. The highest BCUT2D eigenvalue weighted by atomic mass is 32.1. The van der Waals surface area contributed by atoms with E-state index < -0.39 is 5.91 Å².